The van der Waals surface area contributed by atoms with Crippen LogP contribution in [0, 0.1) is 5.92 Å². The lowest BCUT2D eigenvalue weighted by Gasteiger charge is -2.32. The molecule has 0 aromatic heterocycles. The molecule has 176 valence electrons. The van der Waals surface area contributed by atoms with Crippen molar-refractivity contribution in [3.8, 4) is 0 Å². The molecule has 6 heteroatoms. The van der Waals surface area contributed by atoms with E-state index in [0.717, 1.165) is 68.1 Å². The van der Waals surface area contributed by atoms with Crippen LogP contribution in [0.4, 0.5) is 5.69 Å². The van der Waals surface area contributed by atoms with E-state index in [4.69, 9.17) is 11.6 Å². The second-order valence-electron chi connectivity index (χ2n) is 9.56. The van der Waals surface area contributed by atoms with E-state index in [1.54, 1.807) is 0 Å². The Hall–Kier alpha value is -1.88. The zero-order valence-corrected chi connectivity index (χ0v) is 20.6. The van der Waals surface area contributed by atoms with Crippen LogP contribution in [0.5, 0.6) is 0 Å². The fraction of sp³-hybridized carbons (Fsp3) is 0.481. The maximum absolute atomic E-state index is 13.0. The summed E-state index contributed by atoms with van der Waals surface area (Å²) in [4.78, 5) is 29.6. The molecule has 3 heterocycles. The molecule has 0 radical (unpaired) electrons. The summed E-state index contributed by atoms with van der Waals surface area (Å²) in [5.74, 6) is 1.14. The molecule has 0 unspecified atom stereocenters. The highest BCUT2D eigenvalue weighted by Crippen LogP contribution is 2.38. The summed E-state index contributed by atoms with van der Waals surface area (Å²) in [6, 6.07) is 12.3. The van der Waals surface area contributed by atoms with Crippen LogP contribution in [-0.4, -0.2) is 42.8 Å². The SMILES string of the molecule is Cl.O=C(CCC1CCN(CCc2ccc(Cl)cc2)CC1)c1cc2c3c(c1)CCN3C(=O)CC2. The zero-order valence-electron chi connectivity index (χ0n) is 19.0. The summed E-state index contributed by atoms with van der Waals surface area (Å²) in [6.45, 7) is 4.11. The minimum atomic E-state index is 0. The minimum absolute atomic E-state index is 0. The van der Waals surface area contributed by atoms with E-state index in [1.165, 1.54) is 29.5 Å². The second kappa shape index (κ2) is 10.6. The number of nitrogens with zero attached hydrogens (tertiary/aromatic N) is 2. The Morgan fingerprint density at radius 2 is 1.67 bits per heavy atom. The number of halogens is 2. The summed E-state index contributed by atoms with van der Waals surface area (Å²) >= 11 is 5.97. The quantitative estimate of drug-likeness (QED) is 0.484. The van der Waals surface area contributed by atoms with Gasteiger partial charge in [-0.15, -0.1) is 12.4 Å². The van der Waals surface area contributed by atoms with Gasteiger partial charge in [0.2, 0.25) is 5.91 Å². The average molecular weight is 487 g/mol. The van der Waals surface area contributed by atoms with Gasteiger partial charge in [-0.1, -0.05) is 23.7 Å². The topological polar surface area (TPSA) is 40.6 Å². The number of carbonyl (C=O) groups excluding carboxylic acids is 2. The molecule has 0 saturated carbocycles. The molecule has 0 N–H and O–H groups in total. The van der Waals surface area contributed by atoms with Gasteiger partial charge < -0.3 is 9.80 Å². The first-order chi connectivity index (χ1) is 15.6. The Balaban J connectivity index is 0.00000259. The first-order valence-corrected chi connectivity index (χ1v) is 12.4. The van der Waals surface area contributed by atoms with Crippen molar-refractivity contribution in [2.45, 2.75) is 51.4 Å². The van der Waals surface area contributed by atoms with E-state index >= 15 is 0 Å². The maximum atomic E-state index is 13.0. The van der Waals surface area contributed by atoms with Gasteiger partial charge in [-0.3, -0.25) is 9.59 Å². The monoisotopic (exact) mass is 486 g/mol. The van der Waals surface area contributed by atoms with Crippen LogP contribution in [0.1, 0.15) is 59.2 Å². The highest BCUT2D eigenvalue weighted by atomic mass is 35.5. The number of amides is 1. The number of ketones is 1. The lowest BCUT2D eigenvalue weighted by Crippen LogP contribution is -2.35. The fourth-order valence-electron chi connectivity index (χ4n) is 5.54. The van der Waals surface area contributed by atoms with Crippen molar-refractivity contribution in [1.82, 2.24) is 4.90 Å². The van der Waals surface area contributed by atoms with Crippen molar-refractivity contribution < 1.29 is 9.59 Å². The van der Waals surface area contributed by atoms with Crippen LogP contribution >= 0.6 is 24.0 Å². The van der Waals surface area contributed by atoms with Gasteiger partial charge in [-0.05, 0) is 98.5 Å². The van der Waals surface area contributed by atoms with Gasteiger partial charge in [0, 0.05) is 36.5 Å². The van der Waals surface area contributed by atoms with Crippen LogP contribution < -0.4 is 4.90 Å². The third kappa shape index (κ3) is 5.45. The molecule has 1 saturated heterocycles. The lowest BCUT2D eigenvalue weighted by atomic mass is 9.89. The average Bonchev–Trinajstić information content (AvgIpc) is 3.25. The van der Waals surface area contributed by atoms with E-state index in [9.17, 15) is 9.59 Å². The molecule has 3 aliphatic rings. The highest BCUT2D eigenvalue weighted by molar-refractivity contribution is 6.30. The van der Waals surface area contributed by atoms with Gasteiger partial charge in [0.25, 0.3) is 0 Å². The Kier molecular flexibility index (Phi) is 7.78. The molecule has 5 rings (SSSR count). The summed E-state index contributed by atoms with van der Waals surface area (Å²) < 4.78 is 0. The van der Waals surface area contributed by atoms with E-state index in [1.807, 2.05) is 17.0 Å². The summed E-state index contributed by atoms with van der Waals surface area (Å²) in [6.07, 6.45) is 7.26. The standard InChI is InChI=1S/C27H31ClN2O2.ClH/c28-24-5-1-19(2-6-24)9-13-29-14-10-20(11-15-29)3-7-25(31)23-17-21-4-8-26(32)30-16-12-22(18-23)27(21)30;/h1-2,5-6,17-18,20H,3-4,7-16H2;1H. The molecule has 0 atom stereocenters. The van der Waals surface area contributed by atoms with Crippen LogP contribution in [0.2, 0.25) is 5.02 Å². The van der Waals surface area contributed by atoms with E-state index in [-0.39, 0.29) is 24.1 Å². The second-order valence-corrected chi connectivity index (χ2v) is 10.00. The predicted molar refractivity (Wildman–Crippen MR) is 136 cm³/mol. The Morgan fingerprint density at radius 3 is 2.39 bits per heavy atom. The number of hydrogen-bond acceptors (Lipinski definition) is 3. The molecule has 2 aromatic carbocycles. The van der Waals surface area contributed by atoms with E-state index in [0.29, 0.717) is 18.8 Å². The highest BCUT2D eigenvalue weighted by Gasteiger charge is 2.32. The molecular weight excluding hydrogens is 455 g/mol. The Morgan fingerprint density at radius 1 is 0.970 bits per heavy atom. The summed E-state index contributed by atoms with van der Waals surface area (Å²) in [7, 11) is 0. The first kappa shape index (κ1) is 24.3. The van der Waals surface area contributed by atoms with Crippen LogP contribution in [-0.2, 0) is 24.1 Å². The number of Topliss-reactive ketones (excluding diaryl/α,β-unsaturated/α-hetero) is 1. The first-order valence-electron chi connectivity index (χ1n) is 12.0. The number of likely N-dealkylation sites (tertiary alicyclic amines) is 1. The molecule has 1 amide bonds. The van der Waals surface area contributed by atoms with E-state index in [2.05, 4.69) is 29.2 Å². The van der Waals surface area contributed by atoms with Gasteiger partial charge in [-0.25, -0.2) is 0 Å². The maximum Gasteiger partial charge on any atom is 0.227 e. The molecule has 2 aromatic rings. The van der Waals surface area contributed by atoms with Crippen molar-refractivity contribution in [3.05, 3.63) is 63.7 Å². The van der Waals surface area contributed by atoms with Crippen molar-refractivity contribution in [1.29, 1.82) is 0 Å². The number of rotatable bonds is 7. The molecule has 0 spiro atoms. The van der Waals surface area contributed by atoms with Crippen molar-refractivity contribution in [2.75, 3.05) is 31.1 Å². The molecule has 1 fully saturated rings. The lowest BCUT2D eigenvalue weighted by molar-refractivity contribution is -0.118. The van der Waals surface area contributed by atoms with Crippen LogP contribution in [0.15, 0.2) is 36.4 Å². The predicted octanol–water partition coefficient (Wildman–Crippen LogP) is 5.51. The summed E-state index contributed by atoms with van der Waals surface area (Å²) in [5, 5.41) is 0.792. The van der Waals surface area contributed by atoms with Crippen LogP contribution in [0.3, 0.4) is 0 Å². The Labute approximate surface area is 207 Å². The number of aryl methyl sites for hydroxylation is 1. The van der Waals surface area contributed by atoms with Gasteiger partial charge in [0.1, 0.15) is 0 Å². The normalized spacial score (nSPS) is 18.2. The van der Waals surface area contributed by atoms with Crippen molar-refractivity contribution >= 4 is 41.4 Å². The number of piperidine rings is 1. The van der Waals surface area contributed by atoms with Gasteiger partial charge in [0.15, 0.2) is 5.78 Å². The number of anilines is 1. The molecule has 0 aliphatic carbocycles. The van der Waals surface area contributed by atoms with Gasteiger partial charge >= 0.3 is 0 Å². The third-order valence-electron chi connectivity index (χ3n) is 7.49. The molecule has 0 bridgehead atoms. The van der Waals surface area contributed by atoms with Crippen molar-refractivity contribution in [3.63, 3.8) is 0 Å². The van der Waals surface area contributed by atoms with Crippen molar-refractivity contribution in [2.24, 2.45) is 5.92 Å². The number of benzene rings is 2. The smallest absolute Gasteiger partial charge is 0.227 e. The minimum Gasteiger partial charge on any atom is -0.312 e. The molecule has 4 nitrogen and oxygen atoms in total. The number of carbonyl (C=O) groups is 2. The van der Waals surface area contributed by atoms with Crippen LogP contribution in [0.25, 0.3) is 0 Å². The fourth-order valence-corrected chi connectivity index (χ4v) is 5.66. The Bertz CT molecular complexity index is 1010. The molecule has 33 heavy (non-hydrogen) atoms. The van der Waals surface area contributed by atoms with Gasteiger partial charge in [-0.2, -0.15) is 0 Å². The largest absolute Gasteiger partial charge is 0.312 e. The molecular formula is C27H32Cl2N2O2. The summed E-state index contributed by atoms with van der Waals surface area (Å²) in [5.41, 5.74) is 5.67. The van der Waals surface area contributed by atoms with Gasteiger partial charge in [0.05, 0.1) is 5.69 Å². The zero-order chi connectivity index (χ0) is 22.1. The van der Waals surface area contributed by atoms with E-state index < -0.39 is 0 Å². The number of hydrogen-bond donors (Lipinski definition) is 0. The third-order valence-corrected chi connectivity index (χ3v) is 7.74. The molecule has 3 aliphatic heterocycles.